The van der Waals surface area contributed by atoms with Crippen LogP contribution >= 0.6 is 0 Å². The number of amides is 2. The lowest BCUT2D eigenvalue weighted by Gasteiger charge is -2.30. The molecule has 51 heavy (non-hydrogen) atoms. The molecule has 2 amide bonds. The van der Waals surface area contributed by atoms with E-state index in [4.69, 9.17) is 9.47 Å². The van der Waals surface area contributed by atoms with Gasteiger partial charge in [-0.05, 0) is 110 Å². The van der Waals surface area contributed by atoms with Gasteiger partial charge in [-0.3, -0.25) is 9.59 Å². The summed E-state index contributed by atoms with van der Waals surface area (Å²) in [6.45, 7) is 8.71. The van der Waals surface area contributed by atoms with Crippen molar-refractivity contribution >= 4 is 39.4 Å². The van der Waals surface area contributed by atoms with E-state index in [1.54, 1.807) is 31.9 Å². The zero-order chi connectivity index (χ0) is 36.6. The minimum atomic E-state index is -0.651. The Balaban J connectivity index is 1.45. The minimum absolute atomic E-state index is 0.0147. The van der Waals surface area contributed by atoms with Gasteiger partial charge in [0.2, 0.25) is 5.43 Å². The summed E-state index contributed by atoms with van der Waals surface area (Å²) in [4.78, 5) is 48.9. The molecule has 2 aliphatic heterocycles. The number of benzene rings is 3. The summed E-state index contributed by atoms with van der Waals surface area (Å²) in [5.41, 5.74) is 0.0421. The second kappa shape index (κ2) is 14.5. The molecule has 0 radical (unpaired) electrons. The van der Waals surface area contributed by atoms with Gasteiger partial charge in [0.15, 0.2) is 17.3 Å². The van der Waals surface area contributed by atoms with E-state index in [-0.39, 0.29) is 34.3 Å². The van der Waals surface area contributed by atoms with Gasteiger partial charge in [0.1, 0.15) is 22.4 Å². The standard InChI is InChI=1S/C39H49FN6O5/c1-39(2,3)51-38(49)41-27-14-19-45(23-27)34-30(40)22-28-33-36(34)50-32-21-26-13-9-8-12-25(26)20-31(32)46(33)24-29(35(28)47)37(48)44(17-10-15-42(4)5)18-11-16-43(6)7/h8-9,12-13,20-22,24,27H,10-11,14-19,23H2,1-7H3,(H,41,49). The number of anilines is 1. The summed E-state index contributed by atoms with van der Waals surface area (Å²) < 4.78 is 30.3. The molecule has 0 aliphatic carbocycles. The lowest BCUT2D eigenvalue weighted by Crippen LogP contribution is -2.40. The van der Waals surface area contributed by atoms with Gasteiger partial charge < -0.3 is 39.0 Å². The number of aromatic nitrogens is 1. The van der Waals surface area contributed by atoms with Crippen molar-refractivity contribution in [2.24, 2.45) is 0 Å². The highest BCUT2D eigenvalue weighted by Crippen LogP contribution is 2.48. The number of nitrogens with zero attached hydrogens (tertiary/aromatic N) is 5. The third-order valence-corrected chi connectivity index (χ3v) is 9.28. The van der Waals surface area contributed by atoms with E-state index >= 15 is 4.39 Å². The number of pyridine rings is 1. The Morgan fingerprint density at radius 2 is 1.63 bits per heavy atom. The third kappa shape index (κ3) is 7.82. The highest BCUT2D eigenvalue weighted by Gasteiger charge is 2.35. The number of alkyl carbamates (subject to hydrolysis) is 1. The van der Waals surface area contributed by atoms with Gasteiger partial charge in [0.25, 0.3) is 5.91 Å². The van der Waals surface area contributed by atoms with Gasteiger partial charge in [-0.25, -0.2) is 9.18 Å². The van der Waals surface area contributed by atoms with Gasteiger partial charge >= 0.3 is 6.09 Å². The average molecular weight is 701 g/mol. The summed E-state index contributed by atoms with van der Waals surface area (Å²) in [7, 11) is 7.95. The Bertz CT molecular complexity index is 2010. The van der Waals surface area contributed by atoms with Gasteiger partial charge in [-0.2, -0.15) is 0 Å². The van der Waals surface area contributed by atoms with Crippen LogP contribution in [-0.4, -0.2) is 110 Å². The fraction of sp³-hybridized carbons (Fsp3) is 0.462. The number of hydrogen-bond acceptors (Lipinski definition) is 8. The summed E-state index contributed by atoms with van der Waals surface area (Å²) in [6.07, 6.45) is 3.13. The first kappa shape index (κ1) is 36.1. The Labute approximate surface area is 298 Å². The van der Waals surface area contributed by atoms with Crippen molar-refractivity contribution in [3.05, 3.63) is 70.3 Å². The van der Waals surface area contributed by atoms with E-state index in [0.717, 1.165) is 36.7 Å². The Morgan fingerprint density at radius 1 is 0.980 bits per heavy atom. The summed E-state index contributed by atoms with van der Waals surface area (Å²) in [5.74, 6) is -0.330. The topological polar surface area (TPSA) is 99.6 Å². The van der Waals surface area contributed by atoms with Crippen LogP contribution in [0.25, 0.3) is 27.4 Å². The molecule has 1 unspecified atom stereocenters. The van der Waals surface area contributed by atoms with Crippen molar-refractivity contribution in [2.75, 3.05) is 72.4 Å². The number of ether oxygens (including phenoxy) is 2. The largest absolute Gasteiger partial charge is 0.451 e. The molecule has 1 fully saturated rings. The molecule has 11 nitrogen and oxygen atoms in total. The zero-order valence-corrected chi connectivity index (χ0v) is 30.7. The van der Waals surface area contributed by atoms with Crippen molar-refractivity contribution in [2.45, 2.75) is 51.7 Å². The van der Waals surface area contributed by atoms with E-state index in [1.165, 1.54) is 6.07 Å². The first-order valence-electron chi connectivity index (χ1n) is 17.7. The highest BCUT2D eigenvalue weighted by atomic mass is 19.1. The van der Waals surface area contributed by atoms with Gasteiger partial charge in [-0.15, -0.1) is 0 Å². The molecule has 3 aromatic carbocycles. The van der Waals surface area contributed by atoms with E-state index in [1.807, 2.05) is 74.1 Å². The second-order valence-electron chi connectivity index (χ2n) is 15.1. The van der Waals surface area contributed by atoms with Crippen molar-refractivity contribution < 1.29 is 23.5 Å². The van der Waals surface area contributed by atoms with Crippen LogP contribution in [0.15, 0.2) is 53.5 Å². The number of halogens is 1. The lowest BCUT2D eigenvalue weighted by molar-refractivity contribution is 0.0508. The number of nitrogens with one attached hydrogen (secondary N) is 1. The van der Waals surface area contributed by atoms with Gasteiger partial charge in [0.05, 0.1) is 17.1 Å². The summed E-state index contributed by atoms with van der Waals surface area (Å²) in [5, 5.41) is 4.86. The fourth-order valence-electron chi connectivity index (χ4n) is 6.93. The Morgan fingerprint density at radius 3 is 2.25 bits per heavy atom. The third-order valence-electron chi connectivity index (χ3n) is 9.28. The van der Waals surface area contributed by atoms with Crippen LogP contribution in [0.5, 0.6) is 11.5 Å². The number of carbonyl (C=O) groups excluding carboxylic acids is 2. The monoisotopic (exact) mass is 700 g/mol. The molecule has 0 spiro atoms. The van der Waals surface area contributed by atoms with Crippen molar-refractivity contribution in [3.8, 4) is 17.2 Å². The maximum atomic E-state index is 16.5. The zero-order valence-electron chi connectivity index (χ0n) is 30.7. The summed E-state index contributed by atoms with van der Waals surface area (Å²) in [6, 6.07) is 12.7. The molecule has 1 saturated heterocycles. The molecular weight excluding hydrogens is 651 g/mol. The molecule has 1 aromatic heterocycles. The molecule has 1 atom stereocenters. The predicted octanol–water partition coefficient (Wildman–Crippen LogP) is 5.84. The SMILES string of the molecule is CN(C)CCCN(CCCN(C)C)C(=O)c1cn2c3c(c(N4CCC(NC(=O)OC(C)(C)C)C4)c(F)cc3c1=O)Oc1cc3ccccc3cc1-2. The van der Waals surface area contributed by atoms with Crippen molar-refractivity contribution in [1.82, 2.24) is 24.6 Å². The molecule has 12 heteroatoms. The predicted molar refractivity (Wildman–Crippen MR) is 199 cm³/mol. The Kier molecular flexibility index (Phi) is 10.3. The molecule has 6 rings (SSSR count). The van der Waals surface area contributed by atoms with Crippen molar-refractivity contribution in [3.63, 3.8) is 0 Å². The quantitative estimate of drug-likeness (QED) is 0.184. The van der Waals surface area contributed by atoms with E-state index in [9.17, 15) is 14.4 Å². The number of fused-ring (bicyclic) bond motifs is 3. The molecule has 2 aliphatic rings. The fourth-order valence-corrected chi connectivity index (χ4v) is 6.93. The normalized spacial score (nSPS) is 15.4. The van der Waals surface area contributed by atoms with Crippen LogP contribution in [0.2, 0.25) is 0 Å². The smallest absolute Gasteiger partial charge is 0.407 e. The molecule has 272 valence electrons. The van der Waals surface area contributed by atoms with Crippen LogP contribution in [0, 0.1) is 5.82 Å². The summed E-state index contributed by atoms with van der Waals surface area (Å²) >= 11 is 0. The number of rotatable bonds is 11. The van der Waals surface area contributed by atoms with Crippen LogP contribution in [0.3, 0.4) is 0 Å². The maximum absolute atomic E-state index is 16.5. The molecular formula is C39H49FN6O5. The van der Waals surface area contributed by atoms with Gasteiger partial charge in [0, 0.05) is 32.4 Å². The highest BCUT2D eigenvalue weighted by molar-refractivity contribution is 6.02. The van der Waals surface area contributed by atoms with E-state index in [0.29, 0.717) is 49.6 Å². The van der Waals surface area contributed by atoms with Crippen LogP contribution < -0.4 is 20.4 Å². The molecule has 1 N–H and O–H groups in total. The lowest BCUT2D eigenvalue weighted by atomic mass is 10.0. The molecule has 0 bridgehead atoms. The molecule has 3 heterocycles. The maximum Gasteiger partial charge on any atom is 0.407 e. The molecule has 4 aromatic rings. The average Bonchev–Trinajstić information content (AvgIpc) is 3.50. The molecule has 0 saturated carbocycles. The van der Waals surface area contributed by atoms with E-state index in [2.05, 4.69) is 15.1 Å². The van der Waals surface area contributed by atoms with Crippen molar-refractivity contribution in [1.29, 1.82) is 0 Å². The van der Waals surface area contributed by atoms with Crippen LogP contribution in [0.1, 0.15) is 50.4 Å². The van der Waals surface area contributed by atoms with Gasteiger partial charge in [-0.1, -0.05) is 24.3 Å². The first-order valence-corrected chi connectivity index (χ1v) is 17.7. The van der Waals surface area contributed by atoms with E-state index < -0.39 is 22.9 Å². The second-order valence-corrected chi connectivity index (χ2v) is 15.1. The Hall–Kier alpha value is -4.68. The first-order chi connectivity index (χ1) is 24.2. The number of hydrogen-bond donors (Lipinski definition) is 1. The minimum Gasteiger partial charge on any atom is -0.451 e. The van der Waals surface area contributed by atoms with Crippen LogP contribution in [-0.2, 0) is 4.74 Å². The number of carbonyl (C=O) groups is 2. The van der Waals surface area contributed by atoms with Crippen LogP contribution in [0.4, 0.5) is 14.9 Å².